The Balaban J connectivity index is 1.54. The van der Waals surface area contributed by atoms with E-state index in [4.69, 9.17) is 9.47 Å². The number of nitrogens with one attached hydrogen (secondary N) is 1. The van der Waals surface area contributed by atoms with Gasteiger partial charge in [0.25, 0.3) is 11.8 Å². The molecule has 3 aromatic rings. The summed E-state index contributed by atoms with van der Waals surface area (Å²) in [4.78, 5) is 28.5. The first-order valence-corrected chi connectivity index (χ1v) is 11.2. The van der Waals surface area contributed by atoms with Gasteiger partial charge in [0.15, 0.2) is 11.5 Å². The van der Waals surface area contributed by atoms with Crippen LogP contribution < -0.4 is 14.8 Å². The third kappa shape index (κ3) is 3.92. The molecule has 0 unspecified atom stereocenters. The van der Waals surface area contributed by atoms with Crippen molar-refractivity contribution < 1.29 is 19.1 Å². The number of carbonyl (C=O) groups is 2. The van der Waals surface area contributed by atoms with E-state index in [-0.39, 0.29) is 25.2 Å². The van der Waals surface area contributed by atoms with Crippen LogP contribution in [0.2, 0.25) is 0 Å². The zero-order valence-corrected chi connectivity index (χ0v) is 19.7. The van der Waals surface area contributed by atoms with E-state index in [1.165, 1.54) is 4.90 Å². The number of hydrogen-bond acceptors (Lipinski definition) is 5. The van der Waals surface area contributed by atoms with Gasteiger partial charge in [-0.05, 0) is 85.3 Å². The monoisotopic (exact) mass is 454 g/mol. The highest BCUT2D eigenvalue weighted by Crippen LogP contribution is 2.35. The summed E-state index contributed by atoms with van der Waals surface area (Å²) in [5.41, 5.74) is 7.30. The molecule has 6 nitrogen and oxygen atoms in total. The molecule has 1 N–H and O–H groups in total. The number of amides is 2. The summed E-state index contributed by atoms with van der Waals surface area (Å²) >= 11 is 0. The fourth-order valence-electron chi connectivity index (χ4n) is 4.41. The molecule has 2 aliphatic heterocycles. The number of fused-ring (bicyclic) bond motifs is 1. The van der Waals surface area contributed by atoms with Crippen LogP contribution in [0.1, 0.15) is 33.4 Å². The normalized spacial score (nSPS) is 14.9. The molecule has 0 atom stereocenters. The summed E-state index contributed by atoms with van der Waals surface area (Å²) in [5.74, 6) is 0.606. The molecule has 5 rings (SSSR count). The van der Waals surface area contributed by atoms with Crippen LogP contribution in [0.15, 0.2) is 60.3 Å². The van der Waals surface area contributed by atoms with E-state index in [1.54, 1.807) is 6.07 Å². The summed E-state index contributed by atoms with van der Waals surface area (Å²) in [6, 6.07) is 17.3. The van der Waals surface area contributed by atoms with Crippen molar-refractivity contribution in [3.63, 3.8) is 0 Å². The maximum Gasteiger partial charge on any atom is 0.278 e. The highest BCUT2D eigenvalue weighted by molar-refractivity contribution is 6.36. The molecule has 0 fully saturated rings. The van der Waals surface area contributed by atoms with Gasteiger partial charge in [0.2, 0.25) is 6.79 Å². The molecule has 0 spiro atoms. The topological polar surface area (TPSA) is 67.9 Å². The predicted octanol–water partition coefficient (Wildman–Crippen LogP) is 5.04. The van der Waals surface area contributed by atoms with Crippen molar-refractivity contribution in [2.75, 3.05) is 12.1 Å². The third-order valence-corrected chi connectivity index (χ3v) is 6.23. The van der Waals surface area contributed by atoms with Crippen molar-refractivity contribution in [1.82, 2.24) is 4.90 Å². The van der Waals surface area contributed by atoms with Crippen molar-refractivity contribution in [2.45, 2.75) is 34.2 Å². The Bertz CT molecular complexity index is 1350. The van der Waals surface area contributed by atoms with Crippen molar-refractivity contribution >= 4 is 23.1 Å². The average molecular weight is 455 g/mol. The molecular formula is C28H26N2O4. The van der Waals surface area contributed by atoms with E-state index in [0.29, 0.717) is 22.8 Å². The molecule has 0 saturated heterocycles. The molecule has 0 radical (unpaired) electrons. The molecule has 0 bridgehead atoms. The molecule has 0 aromatic heterocycles. The Morgan fingerprint density at radius 3 is 2.26 bits per heavy atom. The van der Waals surface area contributed by atoms with Crippen LogP contribution in [0, 0.1) is 27.7 Å². The molecule has 172 valence electrons. The highest BCUT2D eigenvalue weighted by atomic mass is 16.7. The predicted molar refractivity (Wildman–Crippen MR) is 130 cm³/mol. The second-order valence-corrected chi connectivity index (χ2v) is 8.93. The van der Waals surface area contributed by atoms with Crippen LogP contribution >= 0.6 is 0 Å². The molecular weight excluding hydrogens is 428 g/mol. The lowest BCUT2D eigenvalue weighted by molar-refractivity contribution is -0.137. The maximum atomic E-state index is 13.6. The van der Waals surface area contributed by atoms with Crippen molar-refractivity contribution in [1.29, 1.82) is 0 Å². The van der Waals surface area contributed by atoms with Gasteiger partial charge in [-0.3, -0.25) is 14.5 Å². The number of hydrogen-bond donors (Lipinski definition) is 1. The number of aryl methyl sites for hydroxylation is 4. The summed E-state index contributed by atoms with van der Waals surface area (Å²) in [5, 5.41) is 3.27. The quantitative estimate of drug-likeness (QED) is 0.547. The fraction of sp³-hybridized carbons (Fsp3) is 0.214. The highest BCUT2D eigenvalue weighted by Gasteiger charge is 2.39. The molecule has 2 heterocycles. The zero-order valence-electron chi connectivity index (χ0n) is 19.7. The number of rotatable bonds is 5. The molecule has 3 aromatic carbocycles. The minimum absolute atomic E-state index is 0.140. The molecule has 2 amide bonds. The standard InChI is InChI=1S/C28H26N2O4/c1-16-9-17(2)11-22(10-16)29-26-25(21-7-5-18(3)19(4)12-21)27(31)30(28(26)32)14-20-6-8-23-24(13-20)34-15-33-23/h5-13,29H,14-15H2,1-4H3. The summed E-state index contributed by atoms with van der Waals surface area (Å²) in [7, 11) is 0. The number of benzene rings is 3. The van der Waals surface area contributed by atoms with Gasteiger partial charge in [-0.1, -0.05) is 30.3 Å². The van der Waals surface area contributed by atoms with Gasteiger partial charge in [0.05, 0.1) is 12.1 Å². The van der Waals surface area contributed by atoms with Crippen molar-refractivity contribution in [3.05, 3.63) is 93.7 Å². The Morgan fingerprint density at radius 1 is 0.794 bits per heavy atom. The van der Waals surface area contributed by atoms with Crippen LogP contribution in [0.4, 0.5) is 5.69 Å². The minimum Gasteiger partial charge on any atom is -0.454 e. The number of anilines is 1. The molecule has 6 heteroatoms. The largest absolute Gasteiger partial charge is 0.454 e. The Kier molecular flexibility index (Phi) is 5.36. The molecule has 0 aliphatic carbocycles. The average Bonchev–Trinajstić information content (AvgIpc) is 3.33. The fourth-order valence-corrected chi connectivity index (χ4v) is 4.41. The lowest BCUT2D eigenvalue weighted by atomic mass is 9.99. The Labute approximate surface area is 198 Å². The number of nitrogens with zero attached hydrogens (tertiary/aromatic N) is 1. The second kappa shape index (κ2) is 8.37. The zero-order chi connectivity index (χ0) is 24.0. The summed E-state index contributed by atoms with van der Waals surface area (Å²) in [6.07, 6.45) is 0. The minimum atomic E-state index is -0.352. The SMILES string of the molecule is Cc1cc(C)cc(NC2=C(c3ccc(C)c(C)c3)C(=O)N(Cc3ccc4c(c3)OCO4)C2=O)c1. The van der Waals surface area contributed by atoms with Gasteiger partial charge < -0.3 is 14.8 Å². The van der Waals surface area contributed by atoms with Crippen LogP contribution in [0.3, 0.4) is 0 Å². The summed E-state index contributed by atoms with van der Waals surface area (Å²) in [6.45, 7) is 8.34. The van der Waals surface area contributed by atoms with E-state index >= 15 is 0 Å². The lowest BCUT2D eigenvalue weighted by Gasteiger charge is -2.16. The molecule has 2 aliphatic rings. The first kappa shape index (κ1) is 21.8. The van der Waals surface area contributed by atoms with Gasteiger partial charge in [-0.25, -0.2) is 0 Å². The number of imide groups is 1. The van der Waals surface area contributed by atoms with Crippen LogP contribution in [0.25, 0.3) is 5.57 Å². The Hall–Kier alpha value is -4.06. The van der Waals surface area contributed by atoms with Crippen LogP contribution in [-0.2, 0) is 16.1 Å². The number of ether oxygens (including phenoxy) is 2. The van der Waals surface area contributed by atoms with Gasteiger partial charge in [0.1, 0.15) is 5.70 Å². The lowest BCUT2D eigenvalue weighted by Crippen LogP contribution is -2.32. The second-order valence-electron chi connectivity index (χ2n) is 8.93. The van der Waals surface area contributed by atoms with E-state index in [0.717, 1.165) is 39.1 Å². The molecule has 0 saturated carbocycles. The Morgan fingerprint density at radius 2 is 1.53 bits per heavy atom. The van der Waals surface area contributed by atoms with Gasteiger partial charge >= 0.3 is 0 Å². The first-order valence-electron chi connectivity index (χ1n) is 11.2. The van der Waals surface area contributed by atoms with Crippen LogP contribution in [-0.4, -0.2) is 23.5 Å². The van der Waals surface area contributed by atoms with Crippen LogP contribution in [0.5, 0.6) is 11.5 Å². The van der Waals surface area contributed by atoms with E-state index < -0.39 is 0 Å². The van der Waals surface area contributed by atoms with E-state index in [1.807, 2.05) is 70.2 Å². The van der Waals surface area contributed by atoms with Crippen molar-refractivity contribution in [3.8, 4) is 11.5 Å². The van der Waals surface area contributed by atoms with E-state index in [2.05, 4.69) is 11.4 Å². The van der Waals surface area contributed by atoms with Crippen molar-refractivity contribution in [2.24, 2.45) is 0 Å². The first-order chi connectivity index (χ1) is 16.3. The van der Waals surface area contributed by atoms with Gasteiger partial charge in [-0.2, -0.15) is 0 Å². The van der Waals surface area contributed by atoms with Gasteiger partial charge in [-0.15, -0.1) is 0 Å². The third-order valence-electron chi connectivity index (χ3n) is 6.23. The van der Waals surface area contributed by atoms with E-state index in [9.17, 15) is 9.59 Å². The molecule has 34 heavy (non-hydrogen) atoms. The summed E-state index contributed by atoms with van der Waals surface area (Å²) < 4.78 is 10.8. The smallest absolute Gasteiger partial charge is 0.278 e. The number of carbonyl (C=O) groups excluding carboxylic acids is 2. The van der Waals surface area contributed by atoms with Gasteiger partial charge in [0, 0.05) is 5.69 Å². The maximum absolute atomic E-state index is 13.6.